The fourth-order valence-corrected chi connectivity index (χ4v) is 0.983. The summed E-state index contributed by atoms with van der Waals surface area (Å²) in [7, 11) is 1.33. The number of carbonyl (C=O) groups is 1. The molecule has 0 spiro atoms. The van der Waals surface area contributed by atoms with Crippen LogP contribution in [0.15, 0.2) is 0 Å². The van der Waals surface area contributed by atoms with E-state index in [0.717, 1.165) is 4.90 Å². The number of amides is 1. The van der Waals surface area contributed by atoms with Crippen molar-refractivity contribution in [3.63, 3.8) is 0 Å². The van der Waals surface area contributed by atoms with Gasteiger partial charge in [0.1, 0.15) is 0 Å². The van der Waals surface area contributed by atoms with Gasteiger partial charge in [-0.05, 0) is 13.3 Å². The van der Waals surface area contributed by atoms with Crippen LogP contribution in [0.4, 0.5) is 13.2 Å². The highest BCUT2D eigenvalue weighted by Gasteiger charge is 2.32. The van der Waals surface area contributed by atoms with Gasteiger partial charge in [0.05, 0.1) is 12.0 Å². The van der Waals surface area contributed by atoms with Crippen LogP contribution < -0.4 is 5.73 Å². The second-order valence-corrected chi connectivity index (χ2v) is 3.86. The van der Waals surface area contributed by atoms with Crippen LogP contribution in [0.5, 0.6) is 0 Å². The zero-order chi connectivity index (χ0) is 12.3. The molecule has 0 fully saturated rings. The lowest BCUT2D eigenvalue weighted by Crippen LogP contribution is -2.52. The Morgan fingerprint density at radius 1 is 1.40 bits per heavy atom. The van der Waals surface area contributed by atoms with Crippen LogP contribution in [0.1, 0.15) is 26.7 Å². The first-order chi connectivity index (χ1) is 6.60. The Labute approximate surface area is 87.4 Å². The number of hydrogen-bond acceptors (Lipinski definition) is 2. The van der Waals surface area contributed by atoms with Crippen LogP contribution in [0.25, 0.3) is 0 Å². The zero-order valence-electron chi connectivity index (χ0n) is 9.19. The Hall–Kier alpha value is -0.780. The standard InChI is InChI=1S/C9H17F3N2O/c1-4-8(2,13)7(15)14(3)6-5-9(10,11)12/h4-6,13H2,1-3H3. The van der Waals surface area contributed by atoms with E-state index in [1.807, 2.05) is 0 Å². The smallest absolute Gasteiger partial charge is 0.344 e. The van der Waals surface area contributed by atoms with E-state index in [4.69, 9.17) is 5.73 Å². The fourth-order valence-electron chi connectivity index (χ4n) is 0.983. The van der Waals surface area contributed by atoms with Crippen LogP contribution in [-0.4, -0.2) is 36.1 Å². The minimum Gasteiger partial charge on any atom is -0.344 e. The highest BCUT2D eigenvalue weighted by Crippen LogP contribution is 2.20. The van der Waals surface area contributed by atoms with Gasteiger partial charge in [-0.1, -0.05) is 6.92 Å². The second-order valence-electron chi connectivity index (χ2n) is 3.86. The van der Waals surface area contributed by atoms with Gasteiger partial charge in [0, 0.05) is 13.6 Å². The van der Waals surface area contributed by atoms with Crippen LogP contribution in [0, 0.1) is 0 Å². The number of rotatable bonds is 4. The van der Waals surface area contributed by atoms with Gasteiger partial charge >= 0.3 is 6.18 Å². The van der Waals surface area contributed by atoms with Crippen molar-refractivity contribution in [3.8, 4) is 0 Å². The highest BCUT2D eigenvalue weighted by molar-refractivity contribution is 5.85. The lowest BCUT2D eigenvalue weighted by Gasteiger charge is -2.28. The molecule has 0 aliphatic rings. The number of nitrogens with zero attached hydrogens (tertiary/aromatic N) is 1. The molecule has 15 heavy (non-hydrogen) atoms. The Balaban J connectivity index is 4.23. The average molecular weight is 226 g/mol. The number of likely N-dealkylation sites (N-methyl/N-ethyl adjacent to an activating group) is 1. The van der Waals surface area contributed by atoms with Crippen LogP contribution >= 0.6 is 0 Å². The Kier molecular flexibility index (Phi) is 4.58. The van der Waals surface area contributed by atoms with E-state index in [1.165, 1.54) is 14.0 Å². The second kappa shape index (κ2) is 4.83. The summed E-state index contributed by atoms with van der Waals surface area (Å²) in [5.41, 5.74) is 4.54. The maximum absolute atomic E-state index is 11.9. The normalized spacial score (nSPS) is 15.9. The minimum atomic E-state index is -4.24. The van der Waals surface area contributed by atoms with Crippen molar-refractivity contribution in [2.75, 3.05) is 13.6 Å². The molecule has 0 aromatic heterocycles. The third-order valence-corrected chi connectivity index (χ3v) is 2.30. The van der Waals surface area contributed by atoms with Gasteiger partial charge in [0.15, 0.2) is 0 Å². The van der Waals surface area contributed by atoms with Crippen LogP contribution in [0.3, 0.4) is 0 Å². The molecule has 3 nitrogen and oxygen atoms in total. The topological polar surface area (TPSA) is 46.3 Å². The molecule has 0 radical (unpaired) electrons. The van der Waals surface area contributed by atoms with Crippen molar-refractivity contribution in [1.29, 1.82) is 0 Å². The lowest BCUT2D eigenvalue weighted by atomic mass is 9.99. The van der Waals surface area contributed by atoms with E-state index < -0.39 is 24.0 Å². The summed E-state index contributed by atoms with van der Waals surface area (Å²) >= 11 is 0. The summed E-state index contributed by atoms with van der Waals surface area (Å²) < 4.78 is 35.7. The molecule has 90 valence electrons. The number of hydrogen-bond donors (Lipinski definition) is 1. The Bertz CT molecular complexity index is 226. The molecule has 1 unspecified atom stereocenters. The number of carbonyl (C=O) groups excluding carboxylic acids is 1. The summed E-state index contributed by atoms with van der Waals surface area (Å²) in [6.07, 6.45) is -4.86. The van der Waals surface area contributed by atoms with E-state index in [1.54, 1.807) is 6.92 Å². The molecule has 0 heterocycles. The van der Waals surface area contributed by atoms with Gasteiger partial charge in [0.2, 0.25) is 5.91 Å². The van der Waals surface area contributed by atoms with Gasteiger partial charge in [0.25, 0.3) is 0 Å². The van der Waals surface area contributed by atoms with Crippen molar-refractivity contribution >= 4 is 5.91 Å². The molecular formula is C9H17F3N2O. The molecule has 0 aromatic carbocycles. The third-order valence-electron chi connectivity index (χ3n) is 2.30. The van der Waals surface area contributed by atoms with E-state index in [2.05, 4.69) is 0 Å². The minimum absolute atomic E-state index is 0.352. The molecule has 0 aliphatic heterocycles. The summed E-state index contributed by atoms with van der Waals surface area (Å²) in [5.74, 6) is -0.464. The maximum Gasteiger partial charge on any atom is 0.390 e. The maximum atomic E-state index is 11.9. The predicted octanol–water partition coefficient (Wildman–Crippen LogP) is 1.52. The van der Waals surface area contributed by atoms with E-state index in [9.17, 15) is 18.0 Å². The third kappa shape index (κ3) is 5.01. The van der Waals surface area contributed by atoms with Gasteiger partial charge in [-0.25, -0.2) is 0 Å². The van der Waals surface area contributed by atoms with Crippen LogP contribution in [0.2, 0.25) is 0 Å². The summed E-state index contributed by atoms with van der Waals surface area (Å²) in [4.78, 5) is 12.6. The van der Waals surface area contributed by atoms with Crippen molar-refractivity contribution in [1.82, 2.24) is 4.90 Å². The molecule has 0 saturated carbocycles. The molecule has 1 amide bonds. The quantitative estimate of drug-likeness (QED) is 0.790. The van der Waals surface area contributed by atoms with E-state index in [0.29, 0.717) is 6.42 Å². The first kappa shape index (κ1) is 14.2. The first-order valence-corrected chi connectivity index (χ1v) is 4.71. The van der Waals surface area contributed by atoms with Crippen LogP contribution in [-0.2, 0) is 4.79 Å². The van der Waals surface area contributed by atoms with Gasteiger partial charge in [-0.2, -0.15) is 13.2 Å². The Morgan fingerprint density at radius 3 is 2.20 bits per heavy atom. The zero-order valence-corrected chi connectivity index (χ0v) is 9.19. The number of halogens is 3. The van der Waals surface area contributed by atoms with Crippen molar-refractivity contribution in [2.24, 2.45) is 5.73 Å². The Morgan fingerprint density at radius 2 is 1.87 bits per heavy atom. The molecule has 0 saturated heterocycles. The monoisotopic (exact) mass is 226 g/mol. The summed E-state index contributed by atoms with van der Waals surface area (Å²) in [5, 5.41) is 0. The predicted molar refractivity (Wildman–Crippen MR) is 51.2 cm³/mol. The summed E-state index contributed by atoms with van der Waals surface area (Å²) in [6.45, 7) is 2.88. The molecule has 0 rings (SSSR count). The fraction of sp³-hybridized carbons (Fsp3) is 0.889. The SMILES string of the molecule is CCC(C)(N)C(=O)N(C)CCC(F)(F)F. The molecule has 1 atom stereocenters. The molecular weight excluding hydrogens is 209 g/mol. The van der Waals surface area contributed by atoms with E-state index in [-0.39, 0.29) is 6.54 Å². The van der Waals surface area contributed by atoms with Gasteiger partial charge < -0.3 is 10.6 Å². The van der Waals surface area contributed by atoms with Gasteiger partial charge in [-0.3, -0.25) is 4.79 Å². The molecule has 6 heteroatoms. The first-order valence-electron chi connectivity index (χ1n) is 4.71. The molecule has 2 N–H and O–H groups in total. The number of nitrogens with two attached hydrogens (primary N) is 1. The molecule has 0 aromatic rings. The lowest BCUT2D eigenvalue weighted by molar-refractivity contribution is -0.146. The molecule has 0 aliphatic carbocycles. The van der Waals surface area contributed by atoms with Gasteiger partial charge in [-0.15, -0.1) is 0 Å². The highest BCUT2D eigenvalue weighted by atomic mass is 19.4. The average Bonchev–Trinajstić information content (AvgIpc) is 2.11. The van der Waals surface area contributed by atoms with Crippen molar-refractivity contribution in [2.45, 2.75) is 38.4 Å². The number of alkyl halides is 3. The van der Waals surface area contributed by atoms with Crippen molar-refractivity contribution < 1.29 is 18.0 Å². The molecule has 0 bridgehead atoms. The summed E-state index contributed by atoms with van der Waals surface area (Å²) in [6, 6.07) is 0. The van der Waals surface area contributed by atoms with Crippen molar-refractivity contribution in [3.05, 3.63) is 0 Å². The largest absolute Gasteiger partial charge is 0.390 e. The van der Waals surface area contributed by atoms with E-state index >= 15 is 0 Å².